The fraction of sp³-hybridized carbons (Fsp3) is 0.318. The van der Waals surface area contributed by atoms with Gasteiger partial charge in [-0.3, -0.25) is 4.79 Å². The van der Waals surface area contributed by atoms with Gasteiger partial charge in [-0.1, -0.05) is 17.7 Å². The number of fused-ring (bicyclic) bond motifs is 1. The molecule has 0 bridgehead atoms. The molecule has 5 nitrogen and oxygen atoms in total. The lowest BCUT2D eigenvalue weighted by atomic mass is 10.2. The zero-order chi connectivity index (χ0) is 18.8. The SMILES string of the molecule is Cc1ccc(NC(=O)c2cc3cc(C)ccc3o2)c(OCC2CCCO2)c1. The third-order valence-electron chi connectivity index (χ3n) is 4.73. The van der Waals surface area contributed by atoms with Crippen LogP contribution >= 0.6 is 0 Å². The van der Waals surface area contributed by atoms with Crippen LogP contribution in [0.15, 0.2) is 46.9 Å². The van der Waals surface area contributed by atoms with Crippen LogP contribution in [0.3, 0.4) is 0 Å². The van der Waals surface area contributed by atoms with E-state index in [0.717, 1.165) is 36.0 Å². The summed E-state index contributed by atoms with van der Waals surface area (Å²) >= 11 is 0. The van der Waals surface area contributed by atoms with Crippen molar-refractivity contribution in [2.75, 3.05) is 18.5 Å². The average molecular weight is 365 g/mol. The maximum absolute atomic E-state index is 12.7. The van der Waals surface area contributed by atoms with Gasteiger partial charge in [0, 0.05) is 12.0 Å². The number of carbonyl (C=O) groups excluding carboxylic acids is 1. The van der Waals surface area contributed by atoms with Crippen LogP contribution in [0.5, 0.6) is 5.75 Å². The Kier molecular flexibility index (Phi) is 4.86. The van der Waals surface area contributed by atoms with E-state index in [1.165, 1.54) is 0 Å². The molecule has 1 aliphatic heterocycles. The summed E-state index contributed by atoms with van der Waals surface area (Å²) in [6.45, 7) is 5.27. The van der Waals surface area contributed by atoms with Crippen LogP contribution in [0, 0.1) is 13.8 Å². The highest BCUT2D eigenvalue weighted by molar-refractivity contribution is 6.05. The molecule has 1 saturated heterocycles. The van der Waals surface area contributed by atoms with Crippen molar-refractivity contribution in [2.45, 2.75) is 32.8 Å². The number of amides is 1. The number of aryl methyl sites for hydroxylation is 2. The monoisotopic (exact) mass is 365 g/mol. The van der Waals surface area contributed by atoms with Gasteiger partial charge in [-0.2, -0.15) is 0 Å². The fourth-order valence-corrected chi connectivity index (χ4v) is 3.27. The van der Waals surface area contributed by atoms with Crippen molar-refractivity contribution < 1.29 is 18.7 Å². The topological polar surface area (TPSA) is 60.7 Å². The smallest absolute Gasteiger partial charge is 0.291 e. The van der Waals surface area contributed by atoms with E-state index in [1.807, 2.05) is 50.2 Å². The second-order valence-electron chi connectivity index (χ2n) is 7.05. The van der Waals surface area contributed by atoms with Gasteiger partial charge >= 0.3 is 0 Å². The van der Waals surface area contributed by atoms with Gasteiger partial charge in [0.25, 0.3) is 5.91 Å². The zero-order valence-electron chi connectivity index (χ0n) is 15.6. The van der Waals surface area contributed by atoms with Crippen molar-refractivity contribution in [3.8, 4) is 5.75 Å². The summed E-state index contributed by atoms with van der Waals surface area (Å²) in [5.74, 6) is 0.627. The molecule has 2 heterocycles. The number of nitrogens with one attached hydrogen (secondary N) is 1. The van der Waals surface area contributed by atoms with Crippen LogP contribution in [0.4, 0.5) is 5.69 Å². The number of rotatable bonds is 5. The summed E-state index contributed by atoms with van der Waals surface area (Å²) in [6, 6.07) is 13.3. The molecule has 140 valence electrons. The zero-order valence-corrected chi connectivity index (χ0v) is 15.6. The summed E-state index contributed by atoms with van der Waals surface area (Å²) in [6.07, 6.45) is 2.19. The highest BCUT2D eigenvalue weighted by Crippen LogP contribution is 2.28. The average Bonchev–Trinajstić information content (AvgIpc) is 3.30. The number of benzene rings is 2. The largest absolute Gasteiger partial charge is 0.489 e. The molecule has 0 radical (unpaired) electrons. The molecule has 3 aromatic rings. The van der Waals surface area contributed by atoms with E-state index in [-0.39, 0.29) is 17.8 Å². The number of ether oxygens (including phenoxy) is 2. The summed E-state index contributed by atoms with van der Waals surface area (Å²) in [4.78, 5) is 12.7. The predicted octanol–water partition coefficient (Wildman–Crippen LogP) is 4.86. The Balaban J connectivity index is 1.52. The van der Waals surface area contributed by atoms with Crippen LogP contribution < -0.4 is 10.1 Å². The molecule has 1 aromatic heterocycles. The Morgan fingerprint density at radius 3 is 2.78 bits per heavy atom. The van der Waals surface area contributed by atoms with E-state index in [0.29, 0.717) is 23.6 Å². The molecule has 1 fully saturated rings. The van der Waals surface area contributed by atoms with Crippen LogP contribution in [0.1, 0.15) is 34.5 Å². The molecule has 27 heavy (non-hydrogen) atoms. The first-order chi connectivity index (χ1) is 13.1. The maximum Gasteiger partial charge on any atom is 0.291 e. The number of anilines is 1. The highest BCUT2D eigenvalue weighted by Gasteiger charge is 2.18. The first-order valence-corrected chi connectivity index (χ1v) is 9.25. The number of hydrogen-bond acceptors (Lipinski definition) is 4. The summed E-state index contributed by atoms with van der Waals surface area (Å²) in [5.41, 5.74) is 3.51. The maximum atomic E-state index is 12.7. The van der Waals surface area contributed by atoms with E-state index in [4.69, 9.17) is 13.9 Å². The van der Waals surface area contributed by atoms with Crippen molar-refractivity contribution in [3.05, 3.63) is 59.4 Å². The molecule has 0 spiro atoms. The van der Waals surface area contributed by atoms with Gasteiger partial charge in [0.15, 0.2) is 5.76 Å². The van der Waals surface area contributed by atoms with Crippen LogP contribution in [-0.4, -0.2) is 25.2 Å². The van der Waals surface area contributed by atoms with Gasteiger partial charge in [0.2, 0.25) is 0 Å². The molecule has 0 saturated carbocycles. The van der Waals surface area contributed by atoms with Gasteiger partial charge in [0.1, 0.15) is 17.9 Å². The van der Waals surface area contributed by atoms with Gasteiger partial charge < -0.3 is 19.2 Å². The molecule has 1 N–H and O–H groups in total. The second-order valence-corrected chi connectivity index (χ2v) is 7.05. The fourth-order valence-electron chi connectivity index (χ4n) is 3.27. The Morgan fingerprint density at radius 1 is 1.15 bits per heavy atom. The third-order valence-corrected chi connectivity index (χ3v) is 4.73. The van der Waals surface area contributed by atoms with Crippen LogP contribution in [0.2, 0.25) is 0 Å². The lowest BCUT2D eigenvalue weighted by Crippen LogP contribution is -2.18. The Bertz CT molecular complexity index is 970. The molecule has 1 aliphatic rings. The lowest BCUT2D eigenvalue weighted by molar-refractivity contribution is 0.0681. The van der Waals surface area contributed by atoms with Gasteiger partial charge in [-0.15, -0.1) is 0 Å². The van der Waals surface area contributed by atoms with Crippen molar-refractivity contribution in [1.29, 1.82) is 0 Å². The van der Waals surface area contributed by atoms with Gasteiger partial charge in [-0.25, -0.2) is 0 Å². The molecule has 1 amide bonds. The molecule has 1 unspecified atom stereocenters. The third kappa shape index (κ3) is 3.98. The summed E-state index contributed by atoms with van der Waals surface area (Å²) < 4.78 is 17.2. The molecule has 2 aromatic carbocycles. The van der Waals surface area contributed by atoms with E-state index >= 15 is 0 Å². The van der Waals surface area contributed by atoms with Crippen molar-refractivity contribution in [3.63, 3.8) is 0 Å². The predicted molar refractivity (Wildman–Crippen MR) is 105 cm³/mol. The molecular weight excluding hydrogens is 342 g/mol. The summed E-state index contributed by atoms with van der Waals surface area (Å²) in [5, 5.41) is 3.82. The Hall–Kier alpha value is -2.79. The minimum Gasteiger partial charge on any atom is -0.489 e. The molecule has 1 atom stereocenters. The molecular formula is C22H23NO4. The minimum atomic E-state index is -0.297. The number of hydrogen-bond donors (Lipinski definition) is 1. The molecule has 5 heteroatoms. The Labute approximate surface area is 158 Å². The van der Waals surface area contributed by atoms with E-state index in [1.54, 1.807) is 6.07 Å². The van der Waals surface area contributed by atoms with E-state index in [9.17, 15) is 4.79 Å². The normalized spacial score (nSPS) is 16.6. The van der Waals surface area contributed by atoms with Crippen molar-refractivity contribution in [2.24, 2.45) is 0 Å². The number of carbonyl (C=O) groups is 1. The standard InChI is InChI=1S/C22H23NO4/c1-14-6-8-19-16(10-14)12-21(27-19)22(24)23-18-7-5-15(2)11-20(18)26-13-17-4-3-9-25-17/h5-8,10-12,17H,3-4,9,13H2,1-2H3,(H,23,24). The first-order valence-electron chi connectivity index (χ1n) is 9.25. The minimum absolute atomic E-state index is 0.118. The van der Waals surface area contributed by atoms with Crippen molar-refractivity contribution in [1.82, 2.24) is 0 Å². The van der Waals surface area contributed by atoms with Crippen molar-refractivity contribution >= 4 is 22.6 Å². The van der Waals surface area contributed by atoms with Crippen LogP contribution in [0.25, 0.3) is 11.0 Å². The van der Waals surface area contributed by atoms with E-state index < -0.39 is 0 Å². The van der Waals surface area contributed by atoms with Crippen LogP contribution in [-0.2, 0) is 4.74 Å². The second kappa shape index (κ2) is 7.45. The quantitative estimate of drug-likeness (QED) is 0.701. The Morgan fingerprint density at radius 2 is 1.96 bits per heavy atom. The summed E-state index contributed by atoms with van der Waals surface area (Å²) in [7, 11) is 0. The van der Waals surface area contributed by atoms with Gasteiger partial charge in [0.05, 0.1) is 11.8 Å². The highest BCUT2D eigenvalue weighted by atomic mass is 16.5. The first kappa shape index (κ1) is 17.6. The van der Waals surface area contributed by atoms with Gasteiger partial charge in [-0.05, 0) is 62.6 Å². The number of furan rings is 1. The molecule has 4 rings (SSSR count). The molecule has 0 aliphatic carbocycles. The van der Waals surface area contributed by atoms with E-state index in [2.05, 4.69) is 5.32 Å². The lowest BCUT2D eigenvalue weighted by Gasteiger charge is -2.15.